The molecule has 0 aromatic carbocycles. The minimum atomic E-state index is -0.908. The molecule has 1 aromatic heterocycles. The molecule has 17 heavy (non-hydrogen) atoms. The van der Waals surface area contributed by atoms with Gasteiger partial charge in [-0.05, 0) is 19.8 Å². The normalized spacial score (nSPS) is 14.6. The van der Waals surface area contributed by atoms with Crippen LogP contribution in [0.2, 0.25) is 0 Å². The third-order valence-electron chi connectivity index (χ3n) is 2.60. The maximum absolute atomic E-state index is 12.0. The zero-order valence-corrected chi connectivity index (χ0v) is 9.51. The number of hydrogen-bond donors (Lipinski definition) is 2. The van der Waals surface area contributed by atoms with Crippen LogP contribution in [0.25, 0.3) is 0 Å². The third kappa shape index (κ3) is 2.80. The van der Waals surface area contributed by atoms with Crippen molar-refractivity contribution in [2.24, 2.45) is 0 Å². The molecule has 92 valence electrons. The number of nitrogens with zero attached hydrogens (tertiary/aromatic N) is 3. The fourth-order valence-corrected chi connectivity index (χ4v) is 1.62. The number of amides is 1. The molecule has 0 saturated heterocycles. The van der Waals surface area contributed by atoms with E-state index in [1.807, 2.05) is 0 Å². The lowest BCUT2D eigenvalue weighted by Gasteiger charge is -2.19. The molecule has 7 nitrogen and oxygen atoms in total. The molecule has 1 amide bonds. The molecule has 0 atom stereocenters. The predicted octanol–water partition coefficient (Wildman–Crippen LogP) is 0.192. The second-order valence-electron chi connectivity index (χ2n) is 4.12. The molecule has 0 aliphatic heterocycles. The molecular weight excluding hydrogens is 224 g/mol. The summed E-state index contributed by atoms with van der Waals surface area (Å²) in [4.78, 5) is 28.1. The minimum absolute atomic E-state index is 0.0500. The minimum Gasteiger partial charge on any atom is -0.481 e. The second-order valence-corrected chi connectivity index (χ2v) is 4.12. The molecule has 7 heteroatoms. The van der Waals surface area contributed by atoms with E-state index in [4.69, 9.17) is 5.11 Å². The number of aliphatic carboxylic acids is 1. The van der Waals surface area contributed by atoms with E-state index in [1.165, 1.54) is 0 Å². The van der Waals surface area contributed by atoms with Crippen LogP contribution < -0.4 is 0 Å². The standard InChI is InChI=1S/C10H14N4O3/c1-6-11-9(13-12-6)10(17)14(7-2-3-7)5-4-8(15)16/h7H,2-5H2,1H3,(H,15,16)(H,11,12,13). The van der Waals surface area contributed by atoms with Crippen molar-refractivity contribution in [2.45, 2.75) is 32.2 Å². The Bertz CT molecular complexity index is 439. The van der Waals surface area contributed by atoms with Crippen molar-refractivity contribution in [3.05, 3.63) is 11.6 Å². The van der Waals surface area contributed by atoms with Gasteiger partial charge >= 0.3 is 5.97 Å². The maximum atomic E-state index is 12.0. The first kappa shape index (κ1) is 11.6. The number of aromatic amines is 1. The number of hydrogen-bond acceptors (Lipinski definition) is 4. The fraction of sp³-hybridized carbons (Fsp3) is 0.600. The van der Waals surface area contributed by atoms with Crippen LogP contribution in [0.1, 0.15) is 35.7 Å². The van der Waals surface area contributed by atoms with Crippen molar-refractivity contribution in [3.8, 4) is 0 Å². The Morgan fingerprint density at radius 1 is 1.53 bits per heavy atom. The number of carbonyl (C=O) groups is 2. The van der Waals surface area contributed by atoms with Crippen LogP contribution in [-0.2, 0) is 4.79 Å². The van der Waals surface area contributed by atoms with E-state index in [9.17, 15) is 9.59 Å². The van der Waals surface area contributed by atoms with Crippen molar-refractivity contribution in [2.75, 3.05) is 6.54 Å². The molecule has 1 aliphatic carbocycles. The van der Waals surface area contributed by atoms with E-state index in [0.29, 0.717) is 5.82 Å². The van der Waals surface area contributed by atoms with Crippen molar-refractivity contribution >= 4 is 11.9 Å². The molecule has 1 aromatic rings. The Kier molecular flexibility index (Phi) is 3.08. The highest BCUT2D eigenvalue weighted by molar-refractivity contribution is 5.91. The van der Waals surface area contributed by atoms with E-state index in [2.05, 4.69) is 15.2 Å². The number of carboxylic acids is 1. The van der Waals surface area contributed by atoms with Crippen LogP contribution in [0.15, 0.2) is 0 Å². The van der Waals surface area contributed by atoms with Crippen LogP contribution in [0, 0.1) is 6.92 Å². The van der Waals surface area contributed by atoms with Gasteiger partial charge in [0.2, 0.25) is 5.82 Å². The molecule has 1 fully saturated rings. The summed E-state index contributed by atoms with van der Waals surface area (Å²) in [5.74, 6) is -0.519. The number of rotatable bonds is 5. The Morgan fingerprint density at radius 3 is 2.71 bits per heavy atom. The summed E-state index contributed by atoms with van der Waals surface area (Å²) in [5, 5.41) is 15.0. The van der Waals surface area contributed by atoms with Crippen molar-refractivity contribution in [3.63, 3.8) is 0 Å². The first-order valence-electron chi connectivity index (χ1n) is 5.49. The van der Waals surface area contributed by atoms with Crippen molar-refractivity contribution in [1.82, 2.24) is 20.1 Å². The van der Waals surface area contributed by atoms with E-state index >= 15 is 0 Å². The molecule has 0 unspecified atom stereocenters. The third-order valence-corrected chi connectivity index (χ3v) is 2.60. The summed E-state index contributed by atoms with van der Waals surface area (Å²) >= 11 is 0. The Balaban J connectivity index is 2.05. The molecule has 1 aliphatic rings. The van der Waals surface area contributed by atoms with E-state index in [0.717, 1.165) is 12.8 Å². The monoisotopic (exact) mass is 238 g/mol. The van der Waals surface area contributed by atoms with Crippen LogP contribution in [0.3, 0.4) is 0 Å². The molecule has 0 spiro atoms. The van der Waals surface area contributed by atoms with Gasteiger partial charge in [-0.15, -0.1) is 5.10 Å². The van der Waals surface area contributed by atoms with Gasteiger partial charge in [-0.25, -0.2) is 4.98 Å². The van der Waals surface area contributed by atoms with Gasteiger partial charge in [0.05, 0.1) is 6.42 Å². The molecule has 2 N–H and O–H groups in total. The average molecular weight is 238 g/mol. The smallest absolute Gasteiger partial charge is 0.305 e. The lowest BCUT2D eigenvalue weighted by atomic mass is 10.3. The molecule has 0 bridgehead atoms. The predicted molar refractivity (Wildman–Crippen MR) is 57.4 cm³/mol. The van der Waals surface area contributed by atoms with Gasteiger partial charge < -0.3 is 10.0 Å². The number of nitrogens with one attached hydrogen (secondary N) is 1. The number of H-pyrrole nitrogens is 1. The van der Waals surface area contributed by atoms with Gasteiger partial charge in [0, 0.05) is 12.6 Å². The van der Waals surface area contributed by atoms with Gasteiger partial charge in [0.1, 0.15) is 5.82 Å². The summed E-state index contributed by atoms with van der Waals surface area (Å²) in [6.45, 7) is 1.93. The Labute approximate surface area is 97.8 Å². The molecule has 0 radical (unpaired) electrons. The van der Waals surface area contributed by atoms with Gasteiger partial charge in [0.25, 0.3) is 5.91 Å². The summed E-state index contributed by atoms with van der Waals surface area (Å²) in [7, 11) is 0. The van der Waals surface area contributed by atoms with Gasteiger partial charge in [-0.1, -0.05) is 0 Å². The largest absolute Gasteiger partial charge is 0.481 e. The lowest BCUT2D eigenvalue weighted by molar-refractivity contribution is -0.137. The fourth-order valence-electron chi connectivity index (χ4n) is 1.62. The average Bonchev–Trinajstić information content (AvgIpc) is 3.00. The van der Waals surface area contributed by atoms with Crippen LogP contribution >= 0.6 is 0 Å². The first-order valence-corrected chi connectivity index (χ1v) is 5.49. The summed E-state index contributed by atoms with van der Waals surface area (Å²) in [6.07, 6.45) is 1.80. The van der Waals surface area contributed by atoms with Crippen LogP contribution in [0.4, 0.5) is 0 Å². The van der Waals surface area contributed by atoms with Crippen molar-refractivity contribution in [1.29, 1.82) is 0 Å². The highest BCUT2D eigenvalue weighted by atomic mass is 16.4. The Morgan fingerprint density at radius 2 is 2.24 bits per heavy atom. The molecule has 2 rings (SSSR count). The summed E-state index contributed by atoms with van der Waals surface area (Å²) in [5.41, 5.74) is 0. The number of carboxylic acid groups (broad SMARTS) is 1. The summed E-state index contributed by atoms with van der Waals surface area (Å²) in [6, 6.07) is 0.153. The SMILES string of the molecule is Cc1nc(C(=O)N(CCC(=O)O)C2CC2)n[nH]1. The van der Waals surface area contributed by atoms with Crippen LogP contribution in [-0.4, -0.2) is 49.7 Å². The number of carbonyl (C=O) groups excluding carboxylic acids is 1. The highest BCUT2D eigenvalue weighted by Crippen LogP contribution is 2.27. The lowest BCUT2D eigenvalue weighted by Crippen LogP contribution is -2.35. The van der Waals surface area contributed by atoms with E-state index < -0.39 is 5.97 Å². The first-order chi connectivity index (χ1) is 8.08. The molecule has 1 saturated carbocycles. The molecular formula is C10H14N4O3. The van der Waals surface area contributed by atoms with E-state index in [1.54, 1.807) is 11.8 Å². The zero-order valence-electron chi connectivity index (χ0n) is 9.51. The molecule has 1 heterocycles. The van der Waals surface area contributed by atoms with E-state index in [-0.39, 0.29) is 30.7 Å². The summed E-state index contributed by atoms with van der Waals surface area (Å²) < 4.78 is 0. The van der Waals surface area contributed by atoms with Crippen LogP contribution in [0.5, 0.6) is 0 Å². The topological polar surface area (TPSA) is 99.2 Å². The second kappa shape index (κ2) is 4.52. The van der Waals surface area contributed by atoms with Gasteiger partial charge in [-0.2, -0.15) is 0 Å². The van der Waals surface area contributed by atoms with Gasteiger partial charge in [-0.3, -0.25) is 14.7 Å². The highest BCUT2D eigenvalue weighted by Gasteiger charge is 2.34. The number of aryl methyl sites for hydroxylation is 1. The van der Waals surface area contributed by atoms with Gasteiger partial charge in [0.15, 0.2) is 0 Å². The Hall–Kier alpha value is -1.92. The zero-order chi connectivity index (χ0) is 12.4. The van der Waals surface area contributed by atoms with Crippen molar-refractivity contribution < 1.29 is 14.7 Å². The maximum Gasteiger partial charge on any atom is 0.305 e. The number of aromatic nitrogens is 3. The quantitative estimate of drug-likeness (QED) is 0.763.